The maximum absolute atomic E-state index is 13.5. The molecule has 0 aromatic heterocycles. The third-order valence-corrected chi connectivity index (χ3v) is 7.45. The van der Waals surface area contributed by atoms with Gasteiger partial charge in [0.1, 0.15) is 5.82 Å². The molecule has 2 heterocycles. The van der Waals surface area contributed by atoms with E-state index < -0.39 is 15.7 Å². The predicted molar refractivity (Wildman–Crippen MR) is 99.9 cm³/mol. The van der Waals surface area contributed by atoms with E-state index in [1.54, 1.807) is 12.1 Å². The normalized spacial score (nSPS) is 25.5. The van der Waals surface area contributed by atoms with E-state index in [-0.39, 0.29) is 9.79 Å². The van der Waals surface area contributed by atoms with Gasteiger partial charge in [-0.25, -0.2) is 12.8 Å². The standard InChI is InChI=1S/C20H23FN2O2S/c1-13-10-17-18-12-16(26(24,25)15-5-3-4-14(21)11-15)6-7-19(18)23(2)20(17)8-9-22-13/h3-7,11-13,17,20,22H,8-10H2,1-2H3/t13?,17-,20?/m0/s1. The largest absolute Gasteiger partial charge is 0.371 e. The Hall–Kier alpha value is -1.92. The van der Waals surface area contributed by atoms with Crippen molar-refractivity contribution in [2.24, 2.45) is 0 Å². The van der Waals surface area contributed by atoms with Crippen molar-refractivity contribution in [3.63, 3.8) is 0 Å². The number of halogens is 1. The van der Waals surface area contributed by atoms with Crippen molar-refractivity contribution in [2.75, 3.05) is 18.5 Å². The minimum absolute atomic E-state index is 0.00347. The molecule has 26 heavy (non-hydrogen) atoms. The fraction of sp³-hybridized carbons (Fsp3) is 0.400. The molecule has 2 unspecified atom stereocenters. The Morgan fingerprint density at radius 1 is 1.15 bits per heavy atom. The molecule has 4 nitrogen and oxygen atoms in total. The molecule has 1 saturated heterocycles. The molecule has 2 aromatic carbocycles. The number of nitrogens with zero attached hydrogens (tertiary/aromatic N) is 1. The second kappa shape index (κ2) is 6.35. The summed E-state index contributed by atoms with van der Waals surface area (Å²) < 4.78 is 39.4. The molecule has 2 aliphatic heterocycles. The van der Waals surface area contributed by atoms with Crippen LogP contribution in [0.1, 0.15) is 31.2 Å². The van der Waals surface area contributed by atoms with Crippen LogP contribution < -0.4 is 10.2 Å². The molecule has 3 atom stereocenters. The van der Waals surface area contributed by atoms with E-state index in [9.17, 15) is 12.8 Å². The first-order valence-corrected chi connectivity index (χ1v) is 10.5. The highest BCUT2D eigenvalue weighted by atomic mass is 32.2. The molecule has 4 rings (SSSR count). The lowest BCUT2D eigenvalue weighted by Crippen LogP contribution is -2.31. The Bertz CT molecular complexity index is 945. The molecule has 1 N–H and O–H groups in total. The summed E-state index contributed by atoms with van der Waals surface area (Å²) in [6.45, 7) is 3.14. The molecule has 138 valence electrons. The van der Waals surface area contributed by atoms with Gasteiger partial charge >= 0.3 is 0 Å². The molecular formula is C20H23FN2O2S. The Morgan fingerprint density at radius 3 is 2.69 bits per heavy atom. The van der Waals surface area contributed by atoms with Gasteiger partial charge in [0.05, 0.1) is 9.79 Å². The summed E-state index contributed by atoms with van der Waals surface area (Å²) in [5.74, 6) is -0.238. The Balaban J connectivity index is 1.78. The number of rotatable bonds is 2. The minimum atomic E-state index is -3.74. The lowest BCUT2D eigenvalue weighted by Gasteiger charge is -2.25. The smallest absolute Gasteiger partial charge is 0.206 e. The van der Waals surface area contributed by atoms with E-state index in [2.05, 4.69) is 24.2 Å². The van der Waals surface area contributed by atoms with Crippen molar-refractivity contribution >= 4 is 15.5 Å². The average Bonchev–Trinajstić information content (AvgIpc) is 2.76. The highest BCUT2D eigenvalue weighted by Crippen LogP contribution is 2.45. The number of fused-ring (bicyclic) bond motifs is 3. The summed E-state index contributed by atoms with van der Waals surface area (Å²) in [4.78, 5) is 2.51. The van der Waals surface area contributed by atoms with Crippen LogP contribution in [-0.4, -0.2) is 34.1 Å². The number of nitrogens with one attached hydrogen (secondary N) is 1. The first kappa shape index (κ1) is 17.5. The Kier molecular flexibility index (Phi) is 4.28. The van der Waals surface area contributed by atoms with Gasteiger partial charge < -0.3 is 10.2 Å². The van der Waals surface area contributed by atoms with Gasteiger partial charge in [-0.15, -0.1) is 0 Å². The number of anilines is 1. The molecule has 0 bridgehead atoms. The fourth-order valence-electron chi connectivity index (χ4n) is 4.36. The third-order valence-electron chi connectivity index (χ3n) is 5.70. The summed E-state index contributed by atoms with van der Waals surface area (Å²) in [6.07, 6.45) is 2.01. The molecule has 1 fully saturated rings. The second-order valence-corrected chi connectivity index (χ2v) is 9.30. The van der Waals surface area contributed by atoms with Crippen LogP contribution >= 0.6 is 0 Å². The zero-order valence-corrected chi connectivity index (χ0v) is 15.8. The van der Waals surface area contributed by atoms with E-state index in [1.807, 2.05) is 6.07 Å². The fourth-order valence-corrected chi connectivity index (χ4v) is 5.69. The molecule has 6 heteroatoms. The average molecular weight is 374 g/mol. The molecule has 2 aliphatic rings. The van der Waals surface area contributed by atoms with Crippen LogP contribution in [0.15, 0.2) is 52.3 Å². The quantitative estimate of drug-likeness (QED) is 0.876. The van der Waals surface area contributed by atoms with Gasteiger partial charge in [0, 0.05) is 30.7 Å². The van der Waals surface area contributed by atoms with Gasteiger partial charge in [-0.3, -0.25) is 0 Å². The lowest BCUT2D eigenvalue weighted by atomic mass is 9.89. The van der Waals surface area contributed by atoms with Gasteiger partial charge in [0.2, 0.25) is 9.84 Å². The highest BCUT2D eigenvalue weighted by Gasteiger charge is 2.39. The van der Waals surface area contributed by atoms with Gasteiger partial charge in [-0.2, -0.15) is 0 Å². The van der Waals surface area contributed by atoms with E-state index >= 15 is 0 Å². The van der Waals surface area contributed by atoms with E-state index in [0.717, 1.165) is 36.7 Å². The van der Waals surface area contributed by atoms with Crippen LogP contribution in [0.3, 0.4) is 0 Å². The van der Waals surface area contributed by atoms with Crippen LogP contribution in [0.2, 0.25) is 0 Å². The zero-order valence-electron chi connectivity index (χ0n) is 14.9. The zero-order chi connectivity index (χ0) is 18.5. The van der Waals surface area contributed by atoms with Gasteiger partial charge in [-0.05, 0) is 68.3 Å². The molecule has 0 saturated carbocycles. The van der Waals surface area contributed by atoms with Crippen molar-refractivity contribution in [3.8, 4) is 0 Å². The molecule has 0 spiro atoms. The summed E-state index contributed by atoms with van der Waals surface area (Å²) in [7, 11) is -1.65. The van der Waals surface area contributed by atoms with Gasteiger partial charge in [0.15, 0.2) is 0 Å². The first-order valence-electron chi connectivity index (χ1n) is 8.99. The molecule has 0 radical (unpaired) electrons. The summed E-state index contributed by atoms with van der Waals surface area (Å²) in [6, 6.07) is 11.3. The van der Waals surface area contributed by atoms with Crippen molar-refractivity contribution in [1.29, 1.82) is 0 Å². The van der Waals surface area contributed by atoms with Crippen molar-refractivity contribution in [1.82, 2.24) is 5.32 Å². The van der Waals surface area contributed by atoms with Gasteiger partial charge in [0.25, 0.3) is 0 Å². The topological polar surface area (TPSA) is 49.4 Å². The molecule has 0 amide bonds. The van der Waals surface area contributed by atoms with Crippen LogP contribution in [-0.2, 0) is 9.84 Å². The number of hydrogen-bond donors (Lipinski definition) is 1. The summed E-state index contributed by atoms with van der Waals surface area (Å²) >= 11 is 0. The summed E-state index contributed by atoms with van der Waals surface area (Å²) in [5.41, 5.74) is 2.19. The van der Waals surface area contributed by atoms with E-state index in [0.29, 0.717) is 18.0 Å². The number of likely N-dealkylation sites (N-methyl/N-ethyl adjacent to an activating group) is 1. The highest BCUT2D eigenvalue weighted by molar-refractivity contribution is 7.91. The van der Waals surface area contributed by atoms with E-state index in [1.165, 1.54) is 18.2 Å². The predicted octanol–water partition coefficient (Wildman–Crippen LogP) is 3.33. The minimum Gasteiger partial charge on any atom is -0.371 e. The van der Waals surface area contributed by atoms with Crippen molar-refractivity contribution < 1.29 is 12.8 Å². The Labute approximate surface area is 153 Å². The van der Waals surface area contributed by atoms with Crippen molar-refractivity contribution in [3.05, 3.63) is 53.8 Å². The summed E-state index contributed by atoms with van der Waals surface area (Å²) in [5, 5.41) is 3.51. The second-order valence-electron chi connectivity index (χ2n) is 7.35. The monoisotopic (exact) mass is 374 g/mol. The van der Waals surface area contributed by atoms with Crippen LogP contribution in [0.5, 0.6) is 0 Å². The first-order chi connectivity index (χ1) is 12.4. The van der Waals surface area contributed by atoms with E-state index in [4.69, 9.17) is 0 Å². The maximum Gasteiger partial charge on any atom is 0.206 e. The third kappa shape index (κ3) is 2.81. The molecule has 2 aromatic rings. The van der Waals surface area contributed by atoms with Gasteiger partial charge in [-0.1, -0.05) is 6.07 Å². The Morgan fingerprint density at radius 2 is 1.92 bits per heavy atom. The number of hydrogen-bond acceptors (Lipinski definition) is 4. The van der Waals surface area contributed by atoms with Crippen LogP contribution in [0.4, 0.5) is 10.1 Å². The maximum atomic E-state index is 13.5. The number of sulfone groups is 1. The molecular weight excluding hydrogens is 351 g/mol. The number of benzene rings is 2. The lowest BCUT2D eigenvalue weighted by molar-refractivity contribution is 0.496. The SMILES string of the molecule is CC1C[C@H]2c3cc(S(=O)(=O)c4cccc(F)c4)ccc3N(C)C2CCN1. The van der Waals surface area contributed by atoms with Crippen LogP contribution in [0, 0.1) is 5.82 Å². The molecule has 0 aliphatic carbocycles. The van der Waals surface area contributed by atoms with Crippen LogP contribution in [0.25, 0.3) is 0 Å². The van der Waals surface area contributed by atoms with Crippen molar-refractivity contribution in [2.45, 2.75) is 47.6 Å².